The van der Waals surface area contributed by atoms with Gasteiger partial charge in [0.15, 0.2) is 11.6 Å². The van der Waals surface area contributed by atoms with E-state index in [0.717, 1.165) is 40.8 Å². The molecule has 5 aromatic rings. The summed E-state index contributed by atoms with van der Waals surface area (Å²) >= 11 is 0. The average Bonchev–Trinajstić information content (AvgIpc) is 3.72. The summed E-state index contributed by atoms with van der Waals surface area (Å²) in [6.45, 7) is 6.28. The summed E-state index contributed by atoms with van der Waals surface area (Å²) in [4.78, 5) is 31.1. The molecule has 206 valence electrons. The van der Waals surface area contributed by atoms with E-state index in [1.807, 2.05) is 50.4 Å². The minimum Gasteiger partial charge on any atom is -0.465 e. The number of carbonyl (C=O) groups excluding carboxylic acids is 1. The van der Waals surface area contributed by atoms with Crippen LogP contribution in [0.2, 0.25) is 0 Å². The van der Waals surface area contributed by atoms with E-state index in [2.05, 4.69) is 37.6 Å². The molecule has 0 fully saturated rings. The van der Waals surface area contributed by atoms with Crippen LogP contribution in [0.4, 0.5) is 0 Å². The number of unbranched alkanes of at least 4 members (excludes halogenated alkanes) is 1. The molecule has 40 heavy (non-hydrogen) atoms. The number of tetrazole rings is 1. The van der Waals surface area contributed by atoms with Crippen molar-refractivity contribution in [3.8, 4) is 28.3 Å². The molecule has 0 bridgehead atoms. The highest BCUT2D eigenvalue weighted by Gasteiger charge is 2.25. The third kappa shape index (κ3) is 4.95. The molecule has 0 saturated carbocycles. The number of pyridine rings is 1. The molecular formula is C28H31N9O3. The normalized spacial score (nSPS) is 11.3. The predicted molar refractivity (Wildman–Crippen MR) is 148 cm³/mol. The number of nitrogens with zero attached hydrogens (tertiary/aromatic N) is 8. The van der Waals surface area contributed by atoms with Crippen LogP contribution in [0.5, 0.6) is 0 Å². The first kappa shape index (κ1) is 26.7. The molecule has 0 amide bonds. The maximum absolute atomic E-state index is 14.1. The average molecular weight is 542 g/mol. The van der Waals surface area contributed by atoms with Crippen LogP contribution in [0.1, 0.15) is 61.3 Å². The molecule has 12 nitrogen and oxygen atoms in total. The van der Waals surface area contributed by atoms with Gasteiger partial charge in [-0.1, -0.05) is 37.6 Å². The second-order valence-corrected chi connectivity index (χ2v) is 9.70. The van der Waals surface area contributed by atoms with Gasteiger partial charge in [0.25, 0.3) is 0 Å². The van der Waals surface area contributed by atoms with Crippen molar-refractivity contribution in [1.29, 1.82) is 0 Å². The highest BCUT2D eigenvalue weighted by Crippen LogP contribution is 2.32. The Morgan fingerprint density at radius 1 is 1.10 bits per heavy atom. The van der Waals surface area contributed by atoms with Crippen LogP contribution in [-0.2, 0) is 17.7 Å². The lowest BCUT2D eigenvalue weighted by Gasteiger charge is -2.14. The lowest BCUT2D eigenvalue weighted by Crippen LogP contribution is -2.28. The molecular weight excluding hydrogens is 510 g/mol. The minimum atomic E-state index is -0.551. The van der Waals surface area contributed by atoms with Crippen LogP contribution in [0.3, 0.4) is 0 Å². The molecule has 0 aliphatic rings. The zero-order valence-corrected chi connectivity index (χ0v) is 22.9. The first-order valence-electron chi connectivity index (χ1n) is 13.2. The number of rotatable bonds is 10. The number of aromatic nitrogens is 9. The summed E-state index contributed by atoms with van der Waals surface area (Å²) in [6.07, 6.45) is 9.32. The van der Waals surface area contributed by atoms with Crippen molar-refractivity contribution in [3.63, 3.8) is 0 Å². The number of carbonyl (C=O) groups is 1. The van der Waals surface area contributed by atoms with Gasteiger partial charge in [-0.2, -0.15) is 5.10 Å². The van der Waals surface area contributed by atoms with E-state index in [9.17, 15) is 9.59 Å². The number of nitrogens with one attached hydrogen (secondary N) is 1. The van der Waals surface area contributed by atoms with E-state index >= 15 is 0 Å². The second-order valence-electron chi connectivity index (χ2n) is 9.70. The summed E-state index contributed by atoms with van der Waals surface area (Å²) < 4.78 is 9.91. The summed E-state index contributed by atoms with van der Waals surface area (Å²) in [5, 5.41) is 18.8. The van der Waals surface area contributed by atoms with Gasteiger partial charge in [0.2, 0.25) is 0 Å². The van der Waals surface area contributed by atoms with Crippen LogP contribution in [0.25, 0.3) is 28.3 Å². The summed E-state index contributed by atoms with van der Waals surface area (Å²) in [6, 6.07) is 9.64. The molecule has 5 rings (SSSR count). The number of ether oxygens (including phenoxy) is 1. The smallest absolute Gasteiger partial charge is 0.343 e. The quantitative estimate of drug-likeness (QED) is 0.263. The number of H-pyrrole nitrogens is 1. The maximum atomic E-state index is 14.1. The molecule has 0 aliphatic carbocycles. The monoisotopic (exact) mass is 541 g/mol. The number of imidazole rings is 1. The fourth-order valence-electron chi connectivity index (χ4n) is 4.82. The third-order valence-electron chi connectivity index (χ3n) is 6.79. The highest BCUT2D eigenvalue weighted by atomic mass is 16.5. The molecule has 0 atom stereocenters. The third-order valence-corrected chi connectivity index (χ3v) is 6.79. The number of aryl methyl sites for hydroxylation is 1. The standard InChI is InChI=1S/C28H31N9O3/c1-5-6-9-20-17-36(26-24(27(38)40-4)15-30-37(26)18(2)3)28(39)35(20)16-19-14-29-13-12-21(19)22-10-7-8-11-23(22)25-31-33-34-32-25/h7-8,10-15,17-18H,5-6,9,16H2,1-4H3,(H,31,32,33,34). The Labute approximate surface area is 230 Å². The van der Waals surface area contributed by atoms with Crippen molar-refractivity contribution >= 4 is 5.97 Å². The second kappa shape index (κ2) is 11.5. The van der Waals surface area contributed by atoms with Gasteiger partial charge in [0.1, 0.15) is 5.56 Å². The molecule has 0 radical (unpaired) electrons. The molecule has 4 heterocycles. The summed E-state index contributed by atoms with van der Waals surface area (Å²) in [5.74, 6) is 0.380. The van der Waals surface area contributed by atoms with Gasteiger partial charge in [-0.15, -0.1) is 5.10 Å². The van der Waals surface area contributed by atoms with Crippen LogP contribution in [0, 0.1) is 0 Å². The van der Waals surface area contributed by atoms with Crippen LogP contribution in [-0.4, -0.2) is 57.6 Å². The maximum Gasteiger partial charge on any atom is 0.343 e. The lowest BCUT2D eigenvalue weighted by atomic mass is 9.96. The van der Waals surface area contributed by atoms with Gasteiger partial charge in [0, 0.05) is 35.9 Å². The van der Waals surface area contributed by atoms with Gasteiger partial charge in [-0.3, -0.25) is 14.1 Å². The van der Waals surface area contributed by atoms with Gasteiger partial charge in [0.05, 0.1) is 19.9 Å². The number of hydrogen-bond donors (Lipinski definition) is 1. The van der Waals surface area contributed by atoms with E-state index in [4.69, 9.17) is 4.74 Å². The highest BCUT2D eigenvalue weighted by molar-refractivity contribution is 5.92. The molecule has 12 heteroatoms. The van der Waals surface area contributed by atoms with Crippen LogP contribution >= 0.6 is 0 Å². The molecule has 0 unspecified atom stereocenters. The Morgan fingerprint density at radius 2 is 1.90 bits per heavy atom. The van der Waals surface area contributed by atoms with Crippen LogP contribution < -0.4 is 5.69 Å². The summed E-state index contributed by atoms with van der Waals surface area (Å²) in [7, 11) is 1.32. The minimum absolute atomic E-state index is 0.0882. The van der Waals surface area contributed by atoms with Crippen molar-refractivity contribution in [2.45, 2.75) is 52.6 Å². The lowest BCUT2D eigenvalue weighted by molar-refractivity contribution is 0.0600. The van der Waals surface area contributed by atoms with Crippen molar-refractivity contribution in [3.05, 3.63) is 82.4 Å². The fourth-order valence-corrected chi connectivity index (χ4v) is 4.82. The van der Waals surface area contributed by atoms with Crippen molar-refractivity contribution in [2.75, 3.05) is 7.11 Å². The molecule has 1 N–H and O–H groups in total. The first-order valence-corrected chi connectivity index (χ1v) is 13.2. The van der Waals surface area contributed by atoms with E-state index in [-0.39, 0.29) is 23.8 Å². The Hall–Kier alpha value is -4.87. The number of benzene rings is 1. The van der Waals surface area contributed by atoms with Gasteiger partial charge >= 0.3 is 11.7 Å². The topological polar surface area (TPSA) is 138 Å². The Morgan fingerprint density at radius 3 is 2.60 bits per heavy atom. The van der Waals surface area contributed by atoms with Gasteiger partial charge < -0.3 is 4.74 Å². The largest absolute Gasteiger partial charge is 0.465 e. The number of methoxy groups -OCH3 is 1. The van der Waals surface area contributed by atoms with E-state index in [1.54, 1.807) is 21.6 Å². The first-order chi connectivity index (χ1) is 19.4. The van der Waals surface area contributed by atoms with E-state index in [1.165, 1.54) is 17.9 Å². The van der Waals surface area contributed by atoms with E-state index in [0.29, 0.717) is 18.1 Å². The number of esters is 1. The predicted octanol–water partition coefficient (Wildman–Crippen LogP) is 3.84. The molecule has 1 aromatic carbocycles. The molecule has 0 spiro atoms. The molecule has 0 saturated heterocycles. The van der Waals surface area contributed by atoms with Crippen molar-refractivity contribution in [1.82, 2.24) is 44.5 Å². The Bertz CT molecular complexity index is 1680. The zero-order valence-electron chi connectivity index (χ0n) is 22.9. The number of aromatic amines is 1. The van der Waals surface area contributed by atoms with Gasteiger partial charge in [-0.25, -0.2) is 19.4 Å². The van der Waals surface area contributed by atoms with Crippen molar-refractivity contribution in [2.24, 2.45) is 0 Å². The number of hydrogen-bond acceptors (Lipinski definition) is 8. The molecule has 0 aliphatic heterocycles. The fraction of sp³-hybridized carbons (Fsp3) is 0.321. The van der Waals surface area contributed by atoms with E-state index < -0.39 is 5.97 Å². The molecule has 4 aromatic heterocycles. The van der Waals surface area contributed by atoms with Crippen LogP contribution in [0.15, 0.2) is 59.9 Å². The SMILES string of the molecule is CCCCc1cn(-c2c(C(=O)OC)cnn2C(C)C)c(=O)n1Cc1cnccc1-c1ccccc1-c1nnn[nH]1. The summed E-state index contributed by atoms with van der Waals surface area (Å²) in [5.41, 5.74) is 4.31. The Balaban J connectivity index is 1.65. The van der Waals surface area contributed by atoms with Gasteiger partial charge in [-0.05, 0) is 59.9 Å². The zero-order chi connectivity index (χ0) is 28.2. The van der Waals surface area contributed by atoms with Crippen molar-refractivity contribution < 1.29 is 9.53 Å². The Kier molecular flexibility index (Phi) is 7.67.